The first kappa shape index (κ1) is 19.4. The number of piperidine rings is 1. The average Bonchev–Trinajstić information content (AvgIpc) is 2.60. The predicted octanol–water partition coefficient (Wildman–Crippen LogP) is 0.641. The summed E-state index contributed by atoms with van der Waals surface area (Å²) in [6.45, 7) is 2.44. The fourth-order valence-electron chi connectivity index (χ4n) is 3.46. The molecule has 25 heavy (non-hydrogen) atoms. The third-order valence-electron chi connectivity index (χ3n) is 4.87. The quantitative estimate of drug-likeness (QED) is 0.617. The molecule has 1 saturated carbocycles. The molecule has 2 atom stereocenters. The summed E-state index contributed by atoms with van der Waals surface area (Å²) in [5.74, 6) is -3.24. The lowest BCUT2D eigenvalue weighted by Crippen LogP contribution is -2.42. The number of ketones is 1. The van der Waals surface area contributed by atoms with Crippen LogP contribution in [0.4, 0.5) is 0 Å². The normalized spacial score (nSPS) is 27.2. The molecule has 2 aliphatic heterocycles. The summed E-state index contributed by atoms with van der Waals surface area (Å²) in [6, 6.07) is 0. The molecule has 0 aromatic rings. The van der Waals surface area contributed by atoms with Crippen LogP contribution in [0.2, 0.25) is 0 Å². The number of rotatable bonds is 2. The number of likely N-dealkylation sites (tertiary alicyclic amines) is 1. The molecule has 3 N–H and O–H groups in total. The number of fused-ring (bicyclic) bond motifs is 1. The van der Waals surface area contributed by atoms with Gasteiger partial charge in [0.15, 0.2) is 5.78 Å². The van der Waals surface area contributed by atoms with Crippen molar-refractivity contribution in [3.05, 3.63) is 11.8 Å². The van der Waals surface area contributed by atoms with Gasteiger partial charge in [0.25, 0.3) is 0 Å². The fraction of sp³-hybridized carbons (Fsp3) is 0.706. The number of carbonyl (C=O) groups excluding carboxylic acids is 1. The first-order valence-electron chi connectivity index (χ1n) is 8.64. The standard InChI is InChI=1S/C15H23NO3.C2H2O4/c17-12-5-7-16(8-6-12)9-11-10-19-14-4-2-1-3-13(14)15(11)18;3-1(4)2(5)6/h10,12-14,17H,1-9H2;(H,3,4)(H,5,6). The molecule has 2 fully saturated rings. The molecule has 8 nitrogen and oxygen atoms in total. The van der Waals surface area contributed by atoms with E-state index in [4.69, 9.17) is 24.5 Å². The minimum Gasteiger partial charge on any atom is -0.497 e. The van der Waals surface area contributed by atoms with Crippen molar-refractivity contribution >= 4 is 17.7 Å². The zero-order valence-corrected chi connectivity index (χ0v) is 14.1. The van der Waals surface area contributed by atoms with E-state index < -0.39 is 11.9 Å². The van der Waals surface area contributed by atoms with Gasteiger partial charge in [0, 0.05) is 25.2 Å². The molecular formula is C17H25NO7. The summed E-state index contributed by atoms with van der Waals surface area (Å²) in [4.78, 5) is 32.9. The van der Waals surface area contributed by atoms with Crippen molar-refractivity contribution < 1.29 is 34.4 Å². The average molecular weight is 355 g/mol. The molecule has 0 aromatic carbocycles. The van der Waals surface area contributed by atoms with Gasteiger partial charge in [0.2, 0.25) is 0 Å². The van der Waals surface area contributed by atoms with Crippen molar-refractivity contribution in [2.45, 2.75) is 50.7 Å². The molecule has 1 aliphatic carbocycles. The van der Waals surface area contributed by atoms with E-state index in [0.29, 0.717) is 12.3 Å². The Morgan fingerprint density at radius 1 is 1.08 bits per heavy atom. The lowest BCUT2D eigenvalue weighted by Gasteiger charge is -2.36. The third kappa shape index (κ3) is 5.54. The van der Waals surface area contributed by atoms with Crippen molar-refractivity contribution in [2.24, 2.45) is 5.92 Å². The van der Waals surface area contributed by atoms with E-state index in [2.05, 4.69) is 4.90 Å². The van der Waals surface area contributed by atoms with Crippen LogP contribution >= 0.6 is 0 Å². The van der Waals surface area contributed by atoms with Crippen LogP contribution in [0.15, 0.2) is 11.8 Å². The maximum absolute atomic E-state index is 12.5. The van der Waals surface area contributed by atoms with Gasteiger partial charge in [-0.3, -0.25) is 9.69 Å². The number of hydrogen-bond acceptors (Lipinski definition) is 6. The lowest BCUT2D eigenvalue weighted by atomic mass is 9.80. The lowest BCUT2D eigenvalue weighted by molar-refractivity contribution is -0.159. The Balaban J connectivity index is 0.000000326. The number of aliphatic carboxylic acids is 2. The van der Waals surface area contributed by atoms with Crippen molar-refractivity contribution in [1.82, 2.24) is 4.90 Å². The van der Waals surface area contributed by atoms with E-state index in [0.717, 1.165) is 50.8 Å². The van der Waals surface area contributed by atoms with Gasteiger partial charge < -0.3 is 20.1 Å². The summed E-state index contributed by atoms with van der Waals surface area (Å²) in [5.41, 5.74) is 0.833. The highest BCUT2D eigenvalue weighted by molar-refractivity contribution is 6.27. The highest BCUT2D eigenvalue weighted by Crippen LogP contribution is 2.33. The Kier molecular flexibility index (Phi) is 6.95. The van der Waals surface area contributed by atoms with Crippen molar-refractivity contribution in [1.29, 1.82) is 0 Å². The highest BCUT2D eigenvalue weighted by Gasteiger charge is 2.37. The summed E-state index contributed by atoms with van der Waals surface area (Å²) >= 11 is 0. The molecule has 8 heteroatoms. The van der Waals surface area contributed by atoms with Gasteiger partial charge in [0.05, 0.1) is 18.3 Å². The first-order chi connectivity index (χ1) is 11.9. The second kappa shape index (κ2) is 8.96. The van der Waals surface area contributed by atoms with Crippen LogP contribution in [0, 0.1) is 5.92 Å². The number of nitrogens with zero attached hydrogens (tertiary/aromatic N) is 1. The summed E-state index contributed by atoms with van der Waals surface area (Å²) in [6.07, 6.45) is 7.65. The number of Topliss-reactive ketones (excluding diaryl/α,β-unsaturated/α-hetero) is 1. The number of ether oxygens (including phenoxy) is 1. The number of carboxylic acid groups (broad SMARTS) is 2. The molecule has 2 heterocycles. The zero-order valence-electron chi connectivity index (χ0n) is 14.1. The summed E-state index contributed by atoms with van der Waals surface area (Å²) in [5, 5.41) is 24.3. The van der Waals surface area contributed by atoms with Crippen molar-refractivity contribution in [3.63, 3.8) is 0 Å². The number of aliphatic hydroxyl groups excluding tert-OH is 1. The van der Waals surface area contributed by atoms with Gasteiger partial charge in [0.1, 0.15) is 6.10 Å². The van der Waals surface area contributed by atoms with E-state index >= 15 is 0 Å². The Morgan fingerprint density at radius 3 is 2.28 bits per heavy atom. The molecule has 3 rings (SSSR count). The van der Waals surface area contributed by atoms with Crippen molar-refractivity contribution in [2.75, 3.05) is 19.6 Å². The van der Waals surface area contributed by atoms with Gasteiger partial charge in [-0.1, -0.05) is 6.42 Å². The molecule has 0 amide bonds. The maximum atomic E-state index is 12.5. The van der Waals surface area contributed by atoms with Crippen LogP contribution in [0.25, 0.3) is 0 Å². The molecule has 0 bridgehead atoms. The zero-order chi connectivity index (χ0) is 18.4. The van der Waals surface area contributed by atoms with E-state index in [1.807, 2.05) is 0 Å². The first-order valence-corrected chi connectivity index (χ1v) is 8.64. The molecule has 2 unspecified atom stereocenters. The minimum atomic E-state index is -1.82. The van der Waals surface area contributed by atoms with Crippen LogP contribution in [-0.2, 0) is 19.1 Å². The molecule has 0 radical (unpaired) electrons. The number of carboxylic acids is 2. The minimum absolute atomic E-state index is 0.101. The Morgan fingerprint density at radius 2 is 1.68 bits per heavy atom. The highest BCUT2D eigenvalue weighted by atomic mass is 16.5. The maximum Gasteiger partial charge on any atom is 0.414 e. The number of hydrogen-bond donors (Lipinski definition) is 3. The van der Waals surface area contributed by atoms with Gasteiger partial charge in [-0.05, 0) is 32.1 Å². The molecular weight excluding hydrogens is 330 g/mol. The van der Waals surface area contributed by atoms with E-state index in [-0.39, 0.29) is 18.1 Å². The molecule has 0 aromatic heterocycles. The van der Waals surface area contributed by atoms with E-state index in [1.54, 1.807) is 6.26 Å². The number of carbonyl (C=O) groups is 3. The SMILES string of the molecule is O=C(O)C(=O)O.O=C1C(CN2CCC(O)CC2)=COC2CCCCC12. The predicted molar refractivity (Wildman–Crippen MR) is 86.9 cm³/mol. The van der Waals surface area contributed by atoms with Gasteiger partial charge >= 0.3 is 11.9 Å². The topological polar surface area (TPSA) is 124 Å². The largest absolute Gasteiger partial charge is 0.497 e. The summed E-state index contributed by atoms with van der Waals surface area (Å²) < 4.78 is 5.77. The van der Waals surface area contributed by atoms with Gasteiger partial charge in [-0.2, -0.15) is 0 Å². The second-order valence-corrected chi connectivity index (χ2v) is 6.69. The summed E-state index contributed by atoms with van der Waals surface area (Å²) in [7, 11) is 0. The molecule has 140 valence electrons. The van der Waals surface area contributed by atoms with E-state index in [9.17, 15) is 9.90 Å². The van der Waals surface area contributed by atoms with E-state index in [1.165, 1.54) is 6.42 Å². The smallest absolute Gasteiger partial charge is 0.414 e. The van der Waals surface area contributed by atoms with Crippen LogP contribution in [0.1, 0.15) is 38.5 Å². The Labute approximate surface area is 146 Å². The van der Waals surface area contributed by atoms with Crippen molar-refractivity contribution in [3.8, 4) is 0 Å². The van der Waals surface area contributed by atoms with Crippen LogP contribution in [0.5, 0.6) is 0 Å². The number of aliphatic hydroxyl groups is 1. The Hall–Kier alpha value is -1.93. The fourth-order valence-corrected chi connectivity index (χ4v) is 3.46. The molecule has 0 spiro atoms. The van der Waals surface area contributed by atoms with Gasteiger partial charge in [-0.25, -0.2) is 9.59 Å². The van der Waals surface area contributed by atoms with Crippen LogP contribution < -0.4 is 0 Å². The Bertz CT molecular complexity index is 525. The van der Waals surface area contributed by atoms with Crippen LogP contribution in [-0.4, -0.2) is 69.8 Å². The third-order valence-corrected chi connectivity index (χ3v) is 4.87. The van der Waals surface area contributed by atoms with Crippen LogP contribution in [0.3, 0.4) is 0 Å². The van der Waals surface area contributed by atoms with Gasteiger partial charge in [-0.15, -0.1) is 0 Å². The molecule has 1 saturated heterocycles. The monoisotopic (exact) mass is 355 g/mol. The molecule has 3 aliphatic rings. The second-order valence-electron chi connectivity index (χ2n) is 6.69.